The normalized spacial score (nSPS) is 28.0. The highest BCUT2D eigenvalue weighted by Gasteiger charge is 2.62. The summed E-state index contributed by atoms with van der Waals surface area (Å²) >= 11 is 1.37. The molecule has 2 saturated carbocycles. The molecule has 0 bridgehead atoms. The minimum absolute atomic E-state index is 0.0386. The highest BCUT2D eigenvalue weighted by molar-refractivity contribution is 7.91. The number of benzene rings is 1. The number of carbonyl (C=O) groups is 4. The van der Waals surface area contributed by atoms with Crippen molar-refractivity contribution in [2.45, 2.75) is 120 Å². The number of thiazole rings is 1. The van der Waals surface area contributed by atoms with Crippen LogP contribution in [0.5, 0.6) is 5.19 Å². The van der Waals surface area contributed by atoms with Crippen LogP contribution in [0.3, 0.4) is 0 Å². The van der Waals surface area contributed by atoms with E-state index >= 15 is 0 Å². The molecule has 49 heavy (non-hydrogen) atoms. The van der Waals surface area contributed by atoms with Gasteiger partial charge in [-0.25, -0.2) is 18.2 Å². The summed E-state index contributed by atoms with van der Waals surface area (Å²) in [6, 6.07) is 3.85. The predicted molar refractivity (Wildman–Crippen MR) is 183 cm³/mol. The number of aromatic nitrogens is 1. The van der Waals surface area contributed by atoms with Gasteiger partial charge in [0.05, 0.1) is 22.0 Å². The monoisotopic (exact) mass is 715 g/mol. The molecule has 13 nitrogen and oxygen atoms in total. The minimum atomic E-state index is -3.86. The van der Waals surface area contributed by atoms with Crippen LogP contribution in [0.1, 0.15) is 84.1 Å². The Morgan fingerprint density at radius 3 is 2.63 bits per heavy atom. The van der Waals surface area contributed by atoms with Gasteiger partial charge < -0.3 is 25.0 Å². The van der Waals surface area contributed by atoms with Crippen LogP contribution in [0, 0.1) is 12.8 Å². The van der Waals surface area contributed by atoms with E-state index in [1.54, 1.807) is 20.8 Å². The molecule has 2 aliphatic heterocycles. The first-order valence-electron chi connectivity index (χ1n) is 17.0. The lowest BCUT2D eigenvalue weighted by Crippen LogP contribution is -2.58. The van der Waals surface area contributed by atoms with Crippen molar-refractivity contribution in [3.8, 4) is 5.19 Å². The van der Waals surface area contributed by atoms with Gasteiger partial charge in [-0.3, -0.25) is 19.1 Å². The first-order chi connectivity index (χ1) is 23.1. The molecule has 2 aliphatic carbocycles. The third-order valence-corrected chi connectivity index (χ3v) is 12.1. The number of hydrogen-bond acceptors (Lipinski definition) is 10. The maximum atomic E-state index is 14.3. The summed E-state index contributed by atoms with van der Waals surface area (Å²) < 4.78 is 40.4. The quantitative estimate of drug-likeness (QED) is 0.376. The van der Waals surface area contributed by atoms with Crippen LogP contribution in [0.25, 0.3) is 10.2 Å². The van der Waals surface area contributed by atoms with Gasteiger partial charge in [-0.1, -0.05) is 42.4 Å². The number of allylic oxidation sites excluding steroid dienone is 1. The van der Waals surface area contributed by atoms with Gasteiger partial charge in [-0.2, -0.15) is 0 Å². The van der Waals surface area contributed by atoms with Crippen molar-refractivity contribution in [3.05, 3.63) is 35.9 Å². The van der Waals surface area contributed by atoms with Crippen molar-refractivity contribution in [1.82, 2.24) is 25.2 Å². The molecule has 5 atom stereocenters. The number of ether oxygens (including phenoxy) is 2. The molecular weight excluding hydrogens is 671 g/mol. The third-order valence-electron chi connectivity index (χ3n) is 9.33. The van der Waals surface area contributed by atoms with Crippen molar-refractivity contribution in [2.75, 3.05) is 6.54 Å². The number of rotatable bonds is 6. The summed E-state index contributed by atoms with van der Waals surface area (Å²) in [4.78, 5) is 61.0. The molecular formula is C34H45N5O8S2. The second-order valence-corrected chi connectivity index (χ2v) is 17.6. The molecule has 3 heterocycles. The summed E-state index contributed by atoms with van der Waals surface area (Å²) in [5.74, 6) is -2.24. The molecule has 1 aromatic heterocycles. The zero-order chi connectivity index (χ0) is 35.1. The van der Waals surface area contributed by atoms with Crippen molar-refractivity contribution in [1.29, 1.82) is 0 Å². The van der Waals surface area contributed by atoms with Gasteiger partial charge in [0, 0.05) is 12.3 Å². The lowest BCUT2D eigenvalue weighted by atomic mass is 10.0. The van der Waals surface area contributed by atoms with Crippen LogP contribution in [-0.4, -0.2) is 83.2 Å². The number of nitrogens with zero attached hydrogens (tertiary/aromatic N) is 2. The molecule has 1 aromatic carbocycles. The summed E-state index contributed by atoms with van der Waals surface area (Å²) in [6.45, 7) is 7.23. The summed E-state index contributed by atoms with van der Waals surface area (Å²) in [5, 5.41) is 5.40. The standard InChI is InChI=1S/C34H45N5O8S2/c1-20-12-15-24-27(16-20)48-32(36-24)46-22-17-26-28(40)37-34(30(42)38-49(44,45)23-13-14-23)18-21(34)10-8-6-5-7-9-11-25(29(41)39(26)19-22)35-31(43)47-33(2,3)4/h8,10,12,15-16,21-23,25-26H,5-7,9,11,13-14,17-19H2,1-4H3,(H,35,43)(H,37,40)(H,38,42)/t21-,22-,25+,26+,34-/m1/s1. The average Bonchev–Trinajstić information content (AvgIpc) is 3.90. The molecule has 6 rings (SSSR count). The maximum absolute atomic E-state index is 14.3. The summed E-state index contributed by atoms with van der Waals surface area (Å²) in [6.07, 6.45) is 7.05. The van der Waals surface area contributed by atoms with E-state index in [0.717, 1.165) is 28.6 Å². The topological polar surface area (TPSA) is 173 Å². The molecule has 0 radical (unpaired) electrons. The number of sulfonamides is 1. The number of hydrogen-bond donors (Lipinski definition) is 3. The van der Waals surface area contributed by atoms with Gasteiger partial charge in [0.1, 0.15) is 29.3 Å². The van der Waals surface area contributed by atoms with E-state index < -0.39 is 74.3 Å². The maximum Gasteiger partial charge on any atom is 0.408 e. The lowest BCUT2D eigenvalue weighted by Gasteiger charge is -2.30. The molecule has 4 amide bonds. The summed E-state index contributed by atoms with van der Waals surface area (Å²) in [7, 11) is -3.86. The van der Waals surface area contributed by atoms with Crippen LogP contribution < -0.4 is 20.1 Å². The van der Waals surface area contributed by atoms with Crippen molar-refractivity contribution >= 4 is 55.4 Å². The molecule has 3 N–H and O–H groups in total. The second kappa shape index (κ2) is 13.5. The van der Waals surface area contributed by atoms with Crippen LogP contribution in [0.4, 0.5) is 4.79 Å². The molecule has 4 aliphatic rings. The van der Waals surface area contributed by atoms with E-state index in [0.29, 0.717) is 37.3 Å². The van der Waals surface area contributed by atoms with Crippen LogP contribution in [-0.2, 0) is 29.1 Å². The highest BCUT2D eigenvalue weighted by Crippen LogP contribution is 2.46. The fourth-order valence-electron chi connectivity index (χ4n) is 6.50. The van der Waals surface area contributed by atoms with Gasteiger partial charge in [0.25, 0.3) is 11.1 Å². The molecule has 266 valence electrons. The van der Waals surface area contributed by atoms with Gasteiger partial charge in [0.2, 0.25) is 21.8 Å². The number of nitrogens with one attached hydrogen (secondary N) is 3. The van der Waals surface area contributed by atoms with Gasteiger partial charge in [-0.05, 0) is 83.9 Å². The largest absolute Gasteiger partial charge is 0.465 e. The highest BCUT2D eigenvalue weighted by atomic mass is 32.2. The molecule has 2 aromatic rings. The van der Waals surface area contributed by atoms with E-state index in [-0.39, 0.29) is 19.4 Å². The molecule has 15 heteroatoms. The van der Waals surface area contributed by atoms with E-state index in [4.69, 9.17) is 9.47 Å². The predicted octanol–water partition coefficient (Wildman–Crippen LogP) is 3.85. The Labute approximate surface area is 290 Å². The van der Waals surface area contributed by atoms with Gasteiger partial charge >= 0.3 is 6.09 Å². The SMILES string of the molecule is Cc1ccc2nc(O[C@@H]3C[C@H]4C(=O)N[C@]5(C(=O)NS(=O)(=O)C6CC6)C[C@H]5C=CCCCCC[C@H](NC(=O)OC(C)(C)C)C(=O)N4C3)sc2c1. The fourth-order valence-corrected chi connectivity index (χ4v) is 8.84. The molecule has 3 fully saturated rings. The Kier molecular flexibility index (Phi) is 9.70. The third kappa shape index (κ3) is 8.19. The fraction of sp³-hybridized carbons (Fsp3) is 0.618. The zero-order valence-electron chi connectivity index (χ0n) is 28.3. The van der Waals surface area contributed by atoms with Crippen LogP contribution in [0.2, 0.25) is 0 Å². The Morgan fingerprint density at radius 2 is 1.90 bits per heavy atom. The minimum Gasteiger partial charge on any atom is -0.465 e. The van der Waals surface area contributed by atoms with E-state index in [1.165, 1.54) is 16.2 Å². The molecule has 0 unspecified atom stereocenters. The first-order valence-corrected chi connectivity index (χ1v) is 19.4. The lowest BCUT2D eigenvalue weighted by molar-refractivity contribution is -0.141. The second-order valence-electron chi connectivity index (χ2n) is 14.6. The van der Waals surface area contributed by atoms with Crippen LogP contribution >= 0.6 is 11.3 Å². The number of amides is 4. The van der Waals surface area contributed by atoms with Gasteiger partial charge in [0.15, 0.2) is 0 Å². The van der Waals surface area contributed by atoms with Crippen molar-refractivity contribution < 1.29 is 37.1 Å². The number of fused-ring (bicyclic) bond motifs is 3. The Balaban J connectivity index is 1.28. The smallest absolute Gasteiger partial charge is 0.408 e. The number of aryl methyl sites for hydroxylation is 1. The number of alkyl carbamates (subject to hydrolysis) is 1. The van der Waals surface area contributed by atoms with E-state index in [2.05, 4.69) is 20.3 Å². The van der Waals surface area contributed by atoms with Crippen molar-refractivity contribution in [3.63, 3.8) is 0 Å². The van der Waals surface area contributed by atoms with Crippen LogP contribution in [0.15, 0.2) is 30.4 Å². The first kappa shape index (κ1) is 35.1. The zero-order valence-corrected chi connectivity index (χ0v) is 30.0. The Morgan fingerprint density at radius 1 is 1.12 bits per heavy atom. The van der Waals surface area contributed by atoms with E-state index in [9.17, 15) is 27.6 Å². The van der Waals surface area contributed by atoms with Crippen molar-refractivity contribution in [2.24, 2.45) is 5.92 Å². The number of carbonyl (C=O) groups excluding carboxylic acids is 4. The average molecular weight is 716 g/mol. The Bertz CT molecular complexity index is 1760. The molecule has 0 spiro atoms. The summed E-state index contributed by atoms with van der Waals surface area (Å²) in [5.41, 5.74) is -0.401. The van der Waals surface area contributed by atoms with Gasteiger partial charge in [-0.15, -0.1) is 0 Å². The Hall–Kier alpha value is -3.72. The molecule has 1 saturated heterocycles. The van der Waals surface area contributed by atoms with E-state index in [1.807, 2.05) is 37.3 Å².